The van der Waals surface area contributed by atoms with Crippen LogP contribution in [0, 0.1) is 0 Å². The summed E-state index contributed by atoms with van der Waals surface area (Å²) in [6.07, 6.45) is 6.81. The van der Waals surface area contributed by atoms with Gasteiger partial charge in [-0.05, 0) is 86.6 Å². The van der Waals surface area contributed by atoms with Crippen molar-refractivity contribution in [3.63, 3.8) is 0 Å². The number of ether oxygens (including phenoxy) is 2. The Labute approximate surface area is 189 Å². The van der Waals surface area contributed by atoms with E-state index in [1.165, 1.54) is 31.4 Å². The number of benzene rings is 2. The molecule has 0 amide bonds. The maximum absolute atomic E-state index is 12.9. The van der Waals surface area contributed by atoms with E-state index >= 15 is 0 Å². The largest absolute Gasteiger partial charge is 0.497 e. The van der Waals surface area contributed by atoms with E-state index in [0.29, 0.717) is 11.4 Å². The van der Waals surface area contributed by atoms with Crippen LogP contribution in [0.5, 0.6) is 5.75 Å². The second-order valence-corrected chi connectivity index (χ2v) is 8.35. The molecule has 2 saturated heterocycles. The Bertz CT molecular complexity index is 1070. The third kappa shape index (κ3) is 5.14. The number of hydrogen-bond donors (Lipinski definition) is 1. The number of pyridine rings is 1. The first-order valence-electron chi connectivity index (χ1n) is 11.5. The molecule has 0 saturated carbocycles. The van der Waals surface area contributed by atoms with Crippen LogP contribution in [-0.4, -0.2) is 51.1 Å². The third-order valence-electron chi connectivity index (χ3n) is 6.26. The van der Waals surface area contributed by atoms with Gasteiger partial charge < -0.3 is 19.7 Å². The Hall–Kier alpha value is -2.83. The minimum absolute atomic E-state index is 0.0175. The molecule has 6 nitrogen and oxygen atoms in total. The normalized spacial score (nSPS) is 18.3. The fourth-order valence-electron chi connectivity index (χ4n) is 4.34. The second kappa shape index (κ2) is 10.7. The first-order valence-corrected chi connectivity index (χ1v) is 11.5. The first-order chi connectivity index (χ1) is 15.7. The molecule has 2 aliphatic rings. The van der Waals surface area contributed by atoms with Gasteiger partial charge in [0.05, 0.1) is 7.11 Å². The van der Waals surface area contributed by atoms with Gasteiger partial charge in [-0.15, -0.1) is 0 Å². The maximum Gasteiger partial charge on any atom is 0.262 e. The summed E-state index contributed by atoms with van der Waals surface area (Å²) in [5.74, 6) is 0.755. The van der Waals surface area contributed by atoms with Crippen molar-refractivity contribution < 1.29 is 9.47 Å². The van der Waals surface area contributed by atoms with Crippen molar-refractivity contribution in [2.75, 3.05) is 45.4 Å². The molecule has 32 heavy (non-hydrogen) atoms. The quantitative estimate of drug-likeness (QED) is 0.672. The summed E-state index contributed by atoms with van der Waals surface area (Å²) in [4.78, 5) is 15.3. The van der Waals surface area contributed by atoms with E-state index in [-0.39, 0.29) is 5.56 Å². The minimum Gasteiger partial charge on any atom is -0.497 e. The molecule has 1 aromatic heterocycles. The number of likely N-dealkylation sites (N-methyl/N-ethyl adjacent to an activating group) is 1. The smallest absolute Gasteiger partial charge is 0.262 e. The lowest BCUT2D eigenvalue weighted by Crippen LogP contribution is -2.44. The van der Waals surface area contributed by atoms with Gasteiger partial charge in [0.2, 0.25) is 0 Å². The summed E-state index contributed by atoms with van der Waals surface area (Å²) >= 11 is 0. The van der Waals surface area contributed by atoms with E-state index in [4.69, 9.17) is 9.47 Å². The highest BCUT2D eigenvalue weighted by atomic mass is 16.5. The van der Waals surface area contributed by atoms with Crippen molar-refractivity contribution in [1.82, 2.24) is 9.88 Å². The summed E-state index contributed by atoms with van der Waals surface area (Å²) in [7, 11) is 3.66. The van der Waals surface area contributed by atoms with Crippen molar-refractivity contribution >= 4 is 16.5 Å². The molecule has 1 unspecified atom stereocenters. The van der Waals surface area contributed by atoms with Crippen LogP contribution in [0.25, 0.3) is 16.5 Å². The average molecular weight is 436 g/mol. The van der Waals surface area contributed by atoms with Crippen LogP contribution >= 0.6 is 0 Å². The monoisotopic (exact) mass is 435 g/mol. The highest BCUT2D eigenvalue weighted by Crippen LogP contribution is 2.22. The summed E-state index contributed by atoms with van der Waals surface area (Å²) in [5.41, 5.74) is 2.07. The molecule has 2 aromatic carbocycles. The van der Waals surface area contributed by atoms with Gasteiger partial charge in [0, 0.05) is 55.3 Å². The van der Waals surface area contributed by atoms with Gasteiger partial charge in [-0.2, -0.15) is 0 Å². The molecule has 0 radical (unpaired) electrons. The number of nitrogens with one attached hydrogen (secondary N) is 1. The summed E-state index contributed by atoms with van der Waals surface area (Å²) in [6.45, 7) is 4.10. The van der Waals surface area contributed by atoms with Gasteiger partial charge in [-0.1, -0.05) is 0 Å². The highest BCUT2D eigenvalue weighted by Gasteiger charge is 2.18. The fraction of sp³-hybridized carbons (Fsp3) is 0.423. The third-order valence-corrected chi connectivity index (χ3v) is 6.26. The van der Waals surface area contributed by atoms with E-state index in [9.17, 15) is 4.79 Å². The van der Waals surface area contributed by atoms with Crippen LogP contribution in [0.1, 0.15) is 25.7 Å². The van der Waals surface area contributed by atoms with Gasteiger partial charge in [-0.3, -0.25) is 9.36 Å². The predicted octanol–water partition coefficient (Wildman–Crippen LogP) is 3.98. The SMILES string of the molecule is C1CCOC1.CNC1CCCN(c2ccc(-n3ccc4cc(OC)ccc4c3=O)cc2)C1. The van der Waals surface area contributed by atoms with Crippen molar-refractivity contribution in [3.8, 4) is 11.4 Å². The van der Waals surface area contributed by atoms with Crippen molar-refractivity contribution in [2.45, 2.75) is 31.7 Å². The van der Waals surface area contributed by atoms with Gasteiger partial charge >= 0.3 is 0 Å². The molecule has 5 rings (SSSR count). The van der Waals surface area contributed by atoms with E-state index in [0.717, 1.165) is 43.1 Å². The number of methoxy groups -OCH3 is 1. The molecular weight excluding hydrogens is 402 g/mol. The zero-order chi connectivity index (χ0) is 22.3. The number of nitrogens with zero attached hydrogens (tertiary/aromatic N) is 2. The Morgan fingerprint density at radius 3 is 2.41 bits per heavy atom. The summed E-state index contributed by atoms with van der Waals surface area (Å²) in [6, 6.07) is 16.3. The van der Waals surface area contributed by atoms with Crippen molar-refractivity contribution in [1.29, 1.82) is 0 Å². The lowest BCUT2D eigenvalue weighted by molar-refractivity contribution is 0.198. The lowest BCUT2D eigenvalue weighted by Gasteiger charge is -2.34. The summed E-state index contributed by atoms with van der Waals surface area (Å²) in [5, 5.41) is 4.96. The number of rotatable bonds is 4. The van der Waals surface area contributed by atoms with Crippen LogP contribution < -0.4 is 20.5 Å². The Morgan fingerprint density at radius 1 is 1.00 bits per heavy atom. The molecule has 3 heterocycles. The standard InChI is InChI=1S/C22H25N3O2.C4H8O/c1-23-17-4-3-12-24(15-17)18-5-7-19(8-6-18)25-13-11-16-14-20(27-2)9-10-21(16)22(25)26;1-2-4-5-3-1/h5-11,13-14,17,23H,3-4,12,15H2,1-2H3;1-4H2. The molecule has 0 aliphatic carbocycles. The Balaban J connectivity index is 0.000000433. The molecule has 1 atom stereocenters. The minimum atomic E-state index is -0.0175. The maximum atomic E-state index is 12.9. The fourth-order valence-corrected chi connectivity index (χ4v) is 4.34. The van der Waals surface area contributed by atoms with E-state index in [2.05, 4.69) is 22.3 Å². The number of hydrogen-bond acceptors (Lipinski definition) is 5. The molecule has 0 spiro atoms. The average Bonchev–Trinajstić information content (AvgIpc) is 3.45. The van der Waals surface area contributed by atoms with Crippen molar-refractivity contribution in [3.05, 3.63) is 65.1 Å². The molecule has 6 heteroatoms. The first kappa shape index (κ1) is 22.4. The second-order valence-electron chi connectivity index (χ2n) is 8.35. The Morgan fingerprint density at radius 2 is 1.75 bits per heavy atom. The number of anilines is 1. The zero-order valence-corrected chi connectivity index (χ0v) is 19.0. The van der Waals surface area contributed by atoms with Gasteiger partial charge in [0.1, 0.15) is 5.75 Å². The van der Waals surface area contributed by atoms with Gasteiger partial charge in [0.15, 0.2) is 0 Å². The van der Waals surface area contributed by atoms with Gasteiger partial charge in [-0.25, -0.2) is 0 Å². The van der Waals surface area contributed by atoms with E-state index in [1.54, 1.807) is 11.7 Å². The zero-order valence-electron chi connectivity index (χ0n) is 19.0. The molecule has 3 aromatic rings. The molecule has 170 valence electrons. The number of piperidine rings is 1. The predicted molar refractivity (Wildman–Crippen MR) is 130 cm³/mol. The number of aromatic nitrogens is 1. The molecule has 0 bridgehead atoms. The van der Waals surface area contributed by atoms with Gasteiger partial charge in [0.25, 0.3) is 5.56 Å². The molecule has 2 aliphatic heterocycles. The molecule has 1 N–H and O–H groups in total. The molecule has 2 fully saturated rings. The van der Waals surface area contributed by atoms with Crippen LogP contribution in [0.2, 0.25) is 0 Å². The van der Waals surface area contributed by atoms with Crippen LogP contribution in [0.3, 0.4) is 0 Å². The van der Waals surface area contributed by atoms with Crippen LogP contribution in [-0.2, 0) is 4.74 Å². The Kier molecular flexibility index (Phi) is 7.45. The lowest BCUT2D eigenvalue weighted by atomic mass is 10.1. The highest BCUT2D eigenvalue weighted by molar-refractivity contribution is 5.83. The topological polar surface area (TPSA) is 55.7 Å². The van der Waals surface area contributed by atoms with E-state index < -0.39 is 0 Å². The summed E-state index contributed by atoms with van der Waals surface area (Å²) < 4.78 is 11.9. The van der Waals surface area contributed by atoms with Crippen LogP contribution in [0.15, 0.2) is 59.5 Å². The van der Waals surface area contributed by atoms with Crippen LogP contribution in [0.4, 0.5) is 5.69 Å². The van der Waals surface area contributed by atoms with E-state index in [1.807, 2.05) is 49.6 Å². The number of fused-ring (bicyclic) bond motifs is 1. The van der Waals surface area contributed by atoms with Crippen molar-refractivity contribution in [2.24, 2.45) is 0 Å². The molecular formula is C26H33N3O3.